The number of hydrogen-bond donors (Lipinski definition) is 1. The number of nitrogens with zero attached hydrogens (tertiary/aromatic N) is 1. The first kappa shape index (κ1) is 14.1. The highest BCUT2D eigenvalue weighted by Gasteiger charge is 2.19. The van der Waals surface area contributed by atoms with Gasteiger partial charge in [0, 0.05) is 29.7 Å². The van der Waals surface area contributed by atoms with E-state index in [0.29, 0.717) is 0 Å². The zero-order valence-corrected chi connectivity index (χ0v) is 12.3. The van der Waals surface area contributed by atoms with Crippen molar-refractivity contribution in [3.63, 3.8) is 0 Å². The van der Waals surface area contributed by atoms with Crippen LogP contribution in [0.25, 0.3) is 10.9 Å². The normalized spacial score (nSPS) is 15.0. The zero-order valence-electron chi connectivity index (χ0n) is 12.3. The van der Waals surface area contributed by atoms with Gasteiger partial charge in [0.15, 0.2) is 0 Å². The van der Waals surface area contributed by atoms with Crippen LogP contribution in [0.3, 0.4) is 0 Å². The Morgan fingerprint density at radius 3 is 2.74 bits per heavy atom. The van der Waals surface area contributed by atoms with E-state index in [1.54, 1.807) is 6.07 Å². The van der Waals surface area contributed by atoms with Gasteiger partial charge in [0.1, 0.15) is 5.82 Å². The molecule has 1 N–H and O–H groups in total. The lowest BCUT2D eigenvalue weighted by Gasteiger charge is -2.22. The van der Waals surface area contributed by atoms with Crippen molar-refractivity contribution in [2.75, 3.05) is 13.6 Å². The third kappa shape index (κ3) is 2.52. The molecule has 1 aliphatic heterocycles. The number of benzene rings is 1. The fourth-order valence-electron chi connectivity index (χ4n) is 2.71. The molecule has 0 spiro atoms. The minimum absolute atomic E-state index is 0.0908. The predicted molar refractivity (Wildman–Crippen MR) is 79.0 cm³/mol. The van der Waals surface area contributed by atoms with Gasteiger partial charge in [-0.25, -0.2) is 4.39 Å². The summed E-state index contributed by atoms with van der Waals surface area (Å²) in [6.45, 7) is 8.02. The molecule has 1 aromatic heterocycles. The standard InChI is InChI=1S/C14H17FN2.C2H6/c1-3-9-6-11-10-4-5-17(2)8-14(10)16-13(11)7-12(9)15;1-2/h6-7,16H,3-5,8H2,1-2H3;1-2H3. The number of fused-ring (bicyclic) bond motifs is 3. The SMILES string of the molecule is CC.CCc1cc2c3c([nH]c2cc1F)CN(C)CC3. The minimum Gasteiger partial charge on any atom is -0.357 e. The smallest absolute Gasteiger partial charge is 0.128 e. The van der Waals surface area contributed by atoms with Gasteiger partial charge in [0.05, 0.1) is 0 Å². The van der Waals surface area contributed by atoms with E-state index >= 15 is 0 Å². The summed E-state index contributed by atoms with van der Waals surface area (Å²) in [6.07, 6.45) is 1.81. The minimum atomic E-state index is -0.0908. The van der Waals surface area contributed by atoms with Crippen LogP contribution >= 0.6 is 0 Å². The van der Waals surface area contributed by atoms with Crippen LogP contribution < -0.4 is 0 Å². The van der Waals surface area contributed by atoms with Gasteiger partial charge in [-0.05, 0) is 43.1 Å². The van der Waals surface area contributed by atoms with Crippen LogP contribution in [-0.2, 0) is 19.4 Å². The van der Waals surface area contributed by atoms with E-state index in [1.165, 1.54) is 16.6 Å². The van der Waals surface area contributed by atoms with E-state index in [4.69, 9.17) is 0 Å². The Balaban J connectivity index is 0.000000637. The third-order valence-corrected chi connectivity index (χ3v) is 3.71. The molecule has 2 nitrogen and oxygen atoms in total. The molecule has 0 atom stereocenters. The molecule has 0 fully saturated rings. The first-order chi connectivity index (χ1) is 9.19. The fourth-order valence-corrected chi connectivity index (χ4v) is 2.71. The van der Waals surface area contributed by atoms with E-state index in [9.17, 15) is 4.39 Å². The summed E-state index contributed by atoms with van der Waals surface area (Å²) in [5.41, 5.74) is 4.40. The lowest BCUT2D eigenvalue weighted by Crippen LogP contribution is -2.26. The molecule has 19 heavy (non-hydrogen) atoms. The molecular formula is C16H23FN2. The van der Waals surface area contributed by atoms with Gasteiger partial charge >= 0.3 is 0 Å². The van der Waals surface area contributed by atoms with Gasteiger partial charge in [0.2, 0.25) is 0 Å². The van der Waals surface area contributed by atoms with Crippen LogP contribution in [0, 0.1) is 5.82 Å². The van der Waals surface area contributed by atoms with E-state index < -0.39 is 0 Å². The Morgan fingerprint density at radius 1 is 1.32 bits per heavy atom. The topological polar surface area (TPSA) is 19.0 Å². The fraction of sp³-hybridized carbons (Fsp3) is 0.500. The molecule has 2 aromatic rings. The number of likely N-dealkylation sites (N-methyl/N-ethyl adjacent to an activating group) is 1. The van der Waals surface area contributed by atoms with Crippen molar-refractivity contribution in [1.82, 2.24) is 9.88 Å². The number of aryl methyl sites for hydroxylation is 1. The van der Waals surface area contributed by atoms with Gasteiger partial charge in [-0.15, -0.1) is 0 Å². The number of rotatable bonds is 1. The number of halogens is 1. The molecule has 0 saturated carbocycles. The summed E-state index contributed by atoms with van der Waals surface area (Å²) < 4.78 is 13.7. The van der Waals surface area contributed by atoms with Gasteiger partial charge in [-0.3, -0.25) is 0 Å². The first-order valence-electron chi connectivity index (χ1n) is 7.19. The van der Waals surface area contributed by atoms with Crippen LogP contribution in [0.2, 0.25) is 0 Å². The number of hydrogen-bond acceptors (Lipinski definition) is 1. The second kappa shape index (κ2) is 5.74. The summed E-state index contributed by atoms with van der Waals surface area (Å²) >= 11 is 0. The van der Waals surface area contributed by atoms with Crippen molar-refractivity contribution in [2.24, 2.45) is 0 Å². The van der Waals surface area contributed by atoms with Crippen molar-refractivity contribution >= 4 is 10.9 Å². The largest absolute Gasteiger partial charge is 0.357 e. The molecular weight excluding hydrogens is 239 g/mol. The maximum absolute atomic E-state index is 13.7. The molecule has 3 heteroatoms. The predicted octanol–water partition coefficient (Wildman–Crippen LogP) is 3.88. The molecule has 0 amide bonds. The van der Waals surface area contributed by atoms with Crippen LogP contribution in [0.5, 0.6) is 0 Å². The maximum atomic E-state index is 13.7. The Kier molecular flexibility index (Phi) is 4.25. The van der Waals surface area contributed by atoms with Crippen molar-refractivity contribution in [2.45, 2.75) is 40.2 Å². The van der Waals surface area contributed by atoms with Crippen LogP contribution in [-0.4, -0.2) is 23.5 Å². The number of nitrogens with one attached hydrogen (secondary N) is 1. The molecule has 0 saturated heterocycles. The highest BCUT2D eigenvalue weighted by Crippen LogP contribution is 2.29. The maximum Gasteiger partial charge on any atom is 0.128 e. The van der Waals surface area contributed by atoms with Crippen LogP contribution in [0.15, 0.2) is 12.1 Å². The van der Waals surface area contributed by atoms with E-state index in [1.807, 2.05) is 26.8 Å². The summed E-state index contributed by atoms with van der Waals surface area (Å²) in [4.78, 5) is 5.64. The number of aromatic amines is 1. The van der Waals surface area contributed by atoms with Gasteiger partial charge in [-0.1, -0.05) is 20.8 Å². The van der Waals surface area contributed by atoms with Crippen molar-refractivity contribution in [1.29, 1.82) is 0 Å². The highest BCUT2D eigenvalue weighted by atomic mass is 19.1. The Bertz CT molecular complexity index is 572. The highest BCUT2D eigenvalue weighted by molar-refractivity contribution is 5.85. The molecule has 1 aromatic carbocycles. The average Bonchev–Trinajstić information content (AvgIpc) is 2.76. The Labute approximate surface area is 114 Å². The van der Waals surface area contributed by atoms with Crippen molar-refractivity contribution in [3.8, 4) is 0 Å². The first-order valence-corrected chi connectivity index (χ1v) is 7.19. The number of H-pyrrole nitrogens is 1. The van der Waals surface area contributed by atoms with Crippen LogP contribution in [0.4, 0.5) is 4.39 Å². The lowest BCUT2D eigenvalue weighted by molar-refractivity contribution is 0.310. The monoisotopic (exact) mass is 262 g/mol. The zero-order chi connectivity index (χ0) is 14.0. The summed E-state index contributed by atoms with van der Waals surface area (Å²) in [7, 11) is 2.12. The summed E-state index contributed by atoms with van der Waals surface area (Å²) in [5.74, 6) is -0.0908. The summed E-state index contributed by atoms with van der Waals surface area (Å²) in [6, 6.07) is 3.66. The number of aromatic nitrogens is 1. The average molecular weight is 262 g/mol. The third-order valence-electron chi connectivity index (χ3n) is 3.71. The van der Waals surface area contributed by atoms with E-state index in [2.05, 4.69) is 16.9 Å². The van der Waals surface area contributed by atoms with Gasteiger partial charge < -0.3 is 9.88 Å². The van der Waals surface area contributed by atoms with Gasteiger partial charge in [0.25, 0.3) is 0 Å². The molecule has 0 unspecified atom stereocenters. The second-order valence-corrected chi connectivity index (χ2v) is 4.91. The molecule has 2 heterocycles. The quantitative estimate of drug-likeness (QED) is 0.826. The molecule has 1 aliphatic rings. The van der Waals surface area contributed by atoms with E-state index in [-0.39, 0.29) is 5.82 Å². The van der Waals surface area contributed by atoms with E-state index in [0.717, 1.165) is 37.0 Å². The van der Waals surface area contributed by atoms with Crippen molar-refractivity contribution in [3.05, 3.63) is 34.8 Å². The molecule has 0 radical (unpaired) electrons. The molecule has 104 valence electrons. The Morgan fingerprint density at radius 2 is 2.05 bits per heavy atom. The second-order valence-electron chi connectivity index (χ2n) is 4.91. The lowest BCUT2D eigenvalue weighted by atomic mass is 10.0. The molecule has 0 bridgehead atoms. The van der Waals surface area contributed by atoms with Crippen molar-refractivity contribution < 1.29 is 4.39 Å². The summed E-state index contributed by atoms with van der Waals surface area (Å²) in [5, 5.41) is 1.21. The Hall–Kier alpha value is -1.35. The van der Waals surface area contributed by atoms with Gasteiger partial charge in [-0.2, -0.15) is 0 Å². The molecule has 0 aliphatic carbocycles. The molecule has 3 rings (SSSR count). The van der Waals surface area contributed by atoms with Crippen LogP contribution in [0.1, 0.15) is 37.6 Å².